The summed E-state index contributed by atoms with van der Waals surface area (Å²) in [6.45, 7) is 5.50. The Morgan fingerprint density at radius 2 is 1.82 bits per heavy atom. The highest BCUT2D eigenvalue weighted by atomic mass is 16.5. The van der Waals surface area contributed by atoms with Crippen LogP contribution in [0.3, 0.4) is 0 Å². The Morgan fingerprint density at radius 3 is 2.68 bits per heavy atom. The number of pyridine rings is 1. The molecule has 7 nitrogen and oxygen atoms in total. The lowest BCUT2D eigenvalue weighted by atomic mass is 9.96. The first-order chi connectivity index (χ1) is 18.6. The quantitative estimate of drug-likeness (QED) is 0.379. The maximum Gasteiger partial charge on any atom is 0.255 e. The van der Waals surface area contributed by atoms with Gasteiger partial charge in [0.2, 0.25) is 0 Å². The molecule has 2 N–H and O–H groups in total. The van der Waals surface area contributed by atoms with Gasteiger partial charge in [0.05, 0.1) is 12.1 Å². The van der Waals surface area contributed by atoms with Crippen LogP contribution in [0.4, 0.5) is 0 Å². The molecule has 0 radical (unpaired) electrons. The highest BCUT2D eigenvalue weighted by Crippen LogP contribution is 2.36. The minimum Gasteiger partial charge on any atom is -0.491 e. The Kier molecular flexibility index (Phi) is 5.88. The van der Waals surface area contributed by atoms with Crippen molar-refractivity contribution >= 4 is 16.9 Å². The number of aromatic nitrogens is 3. The van der Waals surface area contributed by atoms with Crippen LogP contribution in [-0.4, -0.2) is 58.3 Å². The van der Waals surface area contributed by atoms with Crippen LogP contribution >= 0.6 is 0 Å². The molecule has 1 aliphatic carbocycles. The molecular formula is C31H33N5O2. The van der Waals surface area contributed by atoms with Crippen molar-refractivity contribution in [1.29, 1.82) is 0 Å². The molecule has 0 spiro atoms. The van der Waals surface area contributed by atoms with Gasteiger partial charge in [0.15, 0.2) is 5.65 Å². The summed E-state index contributed by atoms with van der Waals surface area (Å²) in [7, 11) is 0. The molecule has 3 aliphatic rings. The Balaban J connectivity index is 1.22. The molecule has 2 aromatic carbocycles. The number of H-pyrrole nitrogens is 1. The SMILES string of the molecule is Cc1cc2c(cc1-c1n[nH]c3ncc(-c4ccc5c(c4)CCC(N4CCCC4)CC5)cc13)OCCNC2=O. The van der Waals surface area contributed by atoms with E-state index in [1.54, 1.807) is 0 Å². The predicted octanol–water partition coefficient (Wildman–Crippen LogP) is 5.07. The normalized spacial score (nSPS) is 19.8. The second-order valence-corrected chi connectivity index (χ2v) is 10.9. The van der Waals surface area contributed by atoms with Gasteiger partial charge < -0.3 is 15.0 Å². The first-order valence-corrected chi connectivity index (χ1v) is 13.9. The van der Waals surface area contributed by atoms with Crippen molar-refractivity contribution < 1.29 is 9.53 Å². The van der Waals surface area contributed by atoms with Gasteiger partial charge in [0.1, 0.15) is 18.1 Å². The zero-order valence-electron chi connectivity index (χ0n) is 21.8. The Labute approximate surface area is 222 Å². The van der Waals surface area contributed by atoms with Crippen molar-refractivity contribution in [2.24, 2.45) is 0 Å². The summed E-state index contributed by atoms with van der Waals surface area (Å²) in [5.74, 6) is 0.497. The number of amides is 1. The third-order valence-corrected chi connectivity index (χ3v) is 8.58. The van der Waals surface area contributed by atoms with Crippen molar-refractivity contribution in [2.75, 3.05) is 26.2 Å². The number of aromatic amines is 1. The van der Waals surface area contributed by atoms with E-state index in [4.69, 9.17) is 9.72 Å². The average molecular weight is 508 g/mol. The molecule has 1 atom stereocenters. The fourth-order valence-corrected chi connectivity index (χ4v) is 6.47. The first-order valence-electron chi connectivity index (χ1n) is 13.9. The second kappa shape index (κ2) is 9.55. The van der Waals surface area contributed by atoms with Crippen molar-refractivity contribution in [3.63, 3.8) is 0 Å². The predicted molar refractivity (Wildman–Crippen MR) is 149 cm³/mol. The van der Waals surface area contributed by atoms with Gasteiger partial charge in [-0.15, -0.1) is 0 Å². The number of carbonyl (C=O) groups is 1. The molecule has 2 aromatic heterocycles. The summed E-state index contributed by atoms with van der Waals surface area (Å²) in [6.07, 6.45) is 9.46. The summed E-state index contributed by atoms with van der Waals surface area (Å²) < 4.78 is 5.88. The lowest BCUT2D eigenvalue weighted by Crippen LogP contribution is -2.32. The summed E-state index contributed by atoms with van der Waals surface area (Å²) in [6, 6.07) is 13.7. The fraction of sp³-hybridized carbons (Fsp3) is 0.387. The third kappa shape index (κ3) is 4.15. The molecule has 38 heavy (non-hydrogen) atoms. The number of ether oxygens (including phenoxy) is 1. The standard InChI is InChI=1S/C31H33N5O2/c1-19-14-26-28(38-13-10-32-31(26)37)17-25(19)29-27-16-23(18-33-30(27)35-34-29)22-5-4-20-6-8-24(9-7-21(20)15-22)36-11-2-3-12-36/h4-5,14-18,24H,2-3,6-13H2,1H3,(H,32,37)(H,33,34,35). The van der Waals surface area contributed by atoms with E-state index in [0.29, 0.717) is 24.5 Å². The first kappa shape index (κ1) is 23.4. The van der Waals surface area contributed by atoms with Crippen LogP contribution in [-0.2, 0) is 12.8 Å². The molecule has 1 fully saturated rings. The topological polar surface area (TPSA) is 83.1 Å². The van der Waals surface area contributed by atoms with Crippen LogP contribution in [0.1, 0.15) is 52.7 Å². The molecule has 1 unspecified atom stereocenters. The summed E-state index contributed by atoms with van der Waals surface area (Å²) >= 11 is 0. The third-order valence-electron chi connectivity index (χ3n) is 8.58. The number of hydrogen-bond donors (Lipinski definition) is 2. The largest absolute Gasteiger partial charge is 0.491 e. The number of aryl methyl sites for hydroxylation is 3. The van der Waals surface area contributed by atoms with Crippen LogP contribution in [0.25, 0.3) is 33.4 Å². The van der Waals surface area contributed by atoms with E-state index in [-0.39, 0.29) is 5.91 Å². The van der Waals surface area contributed by atoms with Crippen molar-refractivity contribution in [3.8, 4) is 28.1 Å². The number of hydrogen-bond acceptors (Lipinski definition) is 5. The van der Waals surface area contributed by atoms with Gasteiger partial charge in [0, 0.05) is 28.8 Å². The second-order valence-electron chi connectivity index (χ2n) is 10.9. The van der Waals surface area contributed by atoms with E-state index < -0.39 is 0 Å². The van der Waals surface area contributed by atoms with E-state index in [9.17, 15) is 4.79 Å². The maximum atomic E-state index is 12.5. The molecule has 0 bridgehead atoms. The zero-order valence-corrected chi connectivity index (χ0v) is 21.8. The van der Waals surface area contributed by atoms with Gasteiger partial charge in [-0.1, -0.05) is 18.2 Å². The van der Waals surface area contributed by atoms with E-state index in [1.165, 1.54) is 55.5 Å². The molecule has 7 rings (SSSR count). The van der Waals surface area contributed by atoms with Gasteiger partial charge in [-0.05, 0) is 99.0 Å². The van der Waals surface area contributed by atoms with Gasteiger partial charge in [-0.2, -0.15) is 5.10 Å². The Morgan fingerprint density at radius 1 is 0.974 bits per heavy atom. The monoisotopic (exact) mass is 507 g/mol. The highest BCUT2D eigenvalue weighted by Gasteiger charge is 2.25. The molecule has 2 aliphatic heterocycles. The van der Waals surface area contributed by atoms with Crippen molar-refractivity contribution in [2.45, 2.75) is 51.5 Å². The summed E-state index contributed by atoms with van der Waals surface area (Å²) in [5, 5.41) is 11.6. The maximum absolute atomic E-state index is 12.5. The molecule has 7 heteroatoms. The van der Waals surface area contributed by atoms with Gasteiger partial charge in [-0.25, -0.2) is 4.98 Å². The van der Waals surface area contributed by atoms with Crippen LogP contribution < -0.4 is 10.1 Å². The number of benzene rings is 2. The molecule has 194 valence electrons. The minimum atomic E-state index is -0.0991. The smallest absolute Gasteiger partial charge is 0.255 e. The van der Waals surface area contributed by atoms with Gasteiger partial charge in [0.25, 0.3) is 5.91 Å². The van der Waals surface area contributed by atoms with Gasteiger partial charge in [-0.3, -0.25) is 9.89 Å². The number of nitrogens with one attached hydrogen (secondary N) is 2. The minimum absolute atomic E-state index is 0.0991. The van der Waals surface area contributed by atoms with Crippen LogP contribution in [0, 0.1) is 6.92 Å². The van der Waals surface area contributed by atoms with Crippen LogP contribution in [0.2, 0.25) is 0 Å². The number of likely N-dealkylation sites (tertiary alicyclic amines) is 1. The average Bonchev–Trinajstić information content (AvgIpc) is 3.53. The van der Waals surface area contributed by atoms with E-state index in [2.05, 4.69) is 44.7 Å². The Hall–Kier alpha value is -3.71. The molecule has 1 amide bonds. The van der Waals surface area contributed by atoms with E-state index in [0.717, 1.165) is 52.3 Å². The molecule has 4 aromatic rings. The molecule has 1 saturated heterocycles. The summed E-state index contributed by atoms with van der Waals surface area (Å²) in [4.78, 5) is 19.9. The molecular weight excluding hydrogens is 474 g/mol. The van der Waals surface area contributed by atoms with Crippen molar-refractivity contribution in [3.05, 3.63) is 64.8 Å². The number of fused-ring (bicyclic) bond motifs is 3. The fourth-order valence-electron chi connectivity index (χ4n) is 6.47. The number of carbonyl (C=O) groups excluding carboxylic acids is 1. The van der Waals surface area contributed by atoms with E-state index >= 15 is 0 Å². The lowest BCUT2D eigenvalue weighted by molar-refractivity contribution is 0.0957. The zero-order chi connectivity index (χ0) is 25.6. The van der Waals surface area contributed by atoms with Gasteiger partial charge >= 0.3 is 0 Å². The van der Waals surface area contributed by atoms with Crippen molar-refractivity contribution in [1.82, 2.24) is 25.4 Å². The molecule has 4 heterocycles. The van der Waals surface area contributed by atoms with Crippen LogP contribution in [0.15, 0.2) is 42.6 Å². The van der Waals surface area contributed by atoms with E-state index in [1.807, 2.05) is 25.3 Å². The number of nitrogens with zero attached hydrogens (tertiary/aromatic N) is 3. The molecule has 0 saturated carbocycles. The number of rotatable bonds is 3. The lowest BCUT2D eigenvalue weighted by Gasteiger charge is -2.25. The summed E-state index contributed by atoms with van der Waals surface area (Å²) in [5.41, 5.74) is 9.33. The van der Waals surface area contributed by atoms with Crippen LogP contribution in [0.5, 0.6) is 5.75 Å². The highest BCUT2D eigenvalue weighted by molar-refractivity contribution is 6.00. The Bertz CT molecular complexity index is 1540.